The van der Waals surface area contributed by atoms with Crippen LogP contribution in [0.3, 0.4) is 0 Å². The Morgan fingerprint density at radius 1 is 0.598 bits per heavy atom. The number of aliphatic hydroxyl groups excluding tert-OH is 2. The zero-order valence-corrected chi connectivity index (χ0v) is 44.1. The van der Waals surface area contributed by atoms with Gasteiger partial charge in [-0.3, -0.25) is 19.2 Å². The SMILES string of the molecule is N#CCC1(n2cc(-c3ncnc4[nH]ccc34)cn2)CC(N2CCC(Oc3cc(CCO)nc(C(F)(F)F)n3)CC2)C1.N#CCC1(n2cc(-c3ncnc4[nH]ccc34)cn2)CC(N2CCC(Oc3cc(CCO)nc(C(F)(F)F)n3)CC2)C1. The summed E-state index contributed by atoms with van der Waals surface area (Å²) < 4.78 is 95.0. The molecule has 8 aromatic heterocycles. The van der Waals surface area contributed by atoms with Gasteiger partial charge in [-0.1, -0.05) is 0 Å². The lowest BCUT2D eigenvalue weighted by molar-refractivity contribution is -0.146. The minimum Gasteiger partial charge on any atom is -0.474 e. The molecule has 0 spiro atoms. The third-order valence-electron chi connectivity index (χ3n) is 16.0. The smallest absolute Gasteiger partial charge is 0.451 e. The molecule has 22 nitrogen and oxygen atoms in total. The second-order valence-corrected chi connectivity index (χ2v) is 21.2. The van der Waals surface area contributed by atoms with E-state index in [4.69, 9.17) is 19.7 Å². The molecule has 28 heteroatoms. The predicted molar refractivity (Wildman–Crippen MR) is 279 cm³/mol. The fraction of sp³-hybridized carbons (Fsp3) is 0.481. The molecule has 2 saturated carbocycles. The summed E-state index contributed by atoms with van der Waals surface area (Å²) in [4.78, 5) is 42.4. The van der Waals surface area contributed by atoms with E-state index in [1.54, 1.807) is 12.4 Å². The number of nitriles is 2. The molecular weight excluding hydrogens is 1080 g/mol. The zero-order chi connectivity index (χ0) is 57.2. The molecule has 0 unspecified atom stereocenters. The number of nitrogens with one attached hydrogen (secondary N) is 2. The number of hydrogen-bond donors (Lipinski definition) is 4. The largest absolute Gasteiger partial charge is 0.474 e. The van der Waals surface area contributed by atoms with Gasteiger partial charge in [0.25, 0.3) is 0 Å². The van der Waals surface area contributed by atoms with Crippen LogP contribution in [-0.4, -0.2) is 153 Å². The van der Waals surface area contributed by atoms with Gasteiger partial charge in [0.15, 0.2) is 0 Å². The number of alkyl halides is 6. The number of rotatable bonds is 16. The van der Waals surface area contributed by atoms with Crippen LogP contribution in [0.25, 0.3) is 44.6 Å². The van der Waals surface area contributed by atoms with Gasteiger partial charge in [0.1, 0.15) is 36.2 Å². The quantitative estimate of drug-likeness (QED) is 0.0711. The molecule has 0 bridgehead atoms. The number of H-pyrrole nitrogens is 2. The van der Waals surface area contributed by atoms with E-state index in [0.717, 1.165) is 96.4 Å². The average Bonchev–Trinajstić information content (AvgIpc) is 2.16. The van der Waals surface area contributed by atoms with E-state index in [2.05, 4.69) is 82.0 Å². The molecule has 12 rings (SSSR count). The normalized spacial score (nSPS) is 22.0. The van der Waals surface area contributed by atoms with Gasteiger partial charge in [-0.25, -0.2) is 29.9 Å². The lowest BCUT2D eigenvalue weighted by Gasteiger charge is -2.52. The predicted octanol–water partition coefficient (Wildman–Crippen LogP) is 6.96. The number of likely N-dealkylation sites (tertiary alicyclic amines) is 2. The average molecular weight is 1140 g/mol. The molecule has 2 aliphatic carbocycles. The maximum atomic E-state index is 13.2. The summed E-state index contributed by atoms with van der Waals surface area (Å²) in [5.41, 5.74) is 4.13. The van der Waals surface area contributed by atoms with Crippen LogP contribution in [0.2, 0.25) is 0 Å². The highest BCUT2D eigenvalue weighted by Gasteiger charge is 2.51. The Morgan fingerprint density at radius 3 is 1.37 bits per heavy atom. The van der Waals surface area contributed by atoms with Crippen molar-refractivity contribution in [2.45, 2.75) is 125 Å². The summed E-state index contributed by atoms with van der Waals surface area (Å²) in [7, 11) is 0. The van der Waals surface area contributed by atoms with Crippen molar-refractivity contribution in [3.05, 3.63) is 97.1 Å². The fourth-order valence-corrected chi connectivity index (χ4v) is 11.7. The Morgan fingerprint density at radius 2 is 1.00 bits per heavy atom. The Kier molecular flexibility index (Phi) is 15.6. The van der Waals surface area contributed by atoms with Crippen molar-refractivity contribution >= 4 is 22.1 Å². The molecule has 4 aliphatic rings. The molecule has 10 heterocycles. The summed E-state index contributed by atoms with van der Waals surface area (Å²) in [5, 5.41) is 48.6. The van der Waals surface area contributed by atoms with E-state index in [9.17, 15) is 36.9 Å². The maximum Gasteiger partial charge on any atom is 0.451 e. The number of hydrogen-bond acceptors (Lipinski definition) is 18. The second kappa shape index (κ2) is 23.0. The van der Waals surface area contributed by atoms with Crippen molar-refractivity contribution in [2.75, 3.05) is 39.4 Å². The molecule has 8 aromatic rings. The minimum absolute atomic E-state index is 0.0141. The van der Waals surface area contributed by atoms with Crippen LogP contribution in [0.1, 0.15) is 87.2 Å². The van der Waals surface area contributed by atoms with E-state index in [-0.39, 0.29) is 73.5 Å². The number of ether oxygens (including phenoxy) is 2. The van der Waals surface area contributed by atoms with Crippen LogP contribution in [0.4, 0.5) is 26.3 Å². The summed E-state index contributed by atoms with van der Waals surface area (Å²) in [6.07, 6.45) is 10.4. The van der Waals surface area contributed by atoms with E-state index < -0.39 is 35.1 Å². The van der Waals surface area contributed by atoms with Gasteiger partial charge >= 0.3 is 12.4 Å². The van der Waals surface area contributed by atoms with Crippen molar-refractivity contribution in [3.63, 3.8) is 0 Å². The Bertz CT molecular complexity index is 3360. The van der Waals surface area contributed by atoms with Gasteiger partial charge in [-0.2, -0.15) is 57.0 Å². The molecule has 2 aliphatic heterocycles. The molecule has 82 heavy (non-hydrogen) atoms. The van der Waals surface area contributed by atoms with Crippen molar-refractivity contribution in [1.29, 1.82) is 10.5 Å². The minimum atomic E-state index is -4.70. The molecule has 4 N–H and O–H groups in total. The number of nitrogens with zero attached hydrogens (tertiary/aromatic N) is 16. The highest BCUT2D eigenvalue weighted by atomic mass is 19.4. The molecule has 0 radical (unpaired) electrons. The van der Waals surface area contributed by atoms with Crippen LogP contribution in [-0.2, 0) is 36.3 Å². The monoisotopic (exact) mass is 1130 g/mol. The van der Waals surface area contributed by atoms with Gasteiger partial charge in [0.05, 0.1) is 71.2 Å². The van der Waals surface area contributed by atoms with Crippen molar-refractivity contribution in [3.8, 4) is 46.4 Å². The molecule has 428 valence electrons. The first-order valence-electron chi connectivity index (χ1n) is 26.9. The third kappa shape index (κ3) is 11.7. The molecule has 4 fully saturated rings. The number of aromatic nitrogens is 14. The zero-order valence-electron chi connectivity index (χ0n) is 44.1. The van der Waals surface area contributed by atoms with Crippen molar-refractivity contribution < 1.29 is 46.0 Å². The Hall–Kier alpha value is -8.18. The molecule has 0 aromatic carbocycles. The van der Waals surface area contributed by atoms with Crippen LogP contribution in [0.15, 0.2) is 74.1 Å². The van der Waals surface area contributed by atoms with Crippen molar-refractivity contribution in [2.24, 2.45) is 0 Å². The molecule has 2 saturated heterocycles. The highest BCUT2D eigenvalue weighted by Crippen LogP contribution is 2.47. The topological polar surface area (TPSA) is 283 Å². The van der Waals surface area contributed by atoms with Crippen LogP contribution < -0.4 is 9.47 Å². The van der Waals surface area contributed by atoms with Gasteiger partial charge in [-0.15, -0.1) is 0 Å². The van der Waals surface area contributed by atoms with E-state index in [0.29, 0.717) is 38.5 Å². The number of halogens is 6. The van der Waals surface area contributed by atoms with E-state index in [1.165, 1.54) is 24.8 Å². The lowest BCUT2D eigenvalue weighted by atomic mass is 9.69. The lowest BCUT2D eigenvalue weighted by Crippen LogP contribution is -2.58. The number of fused-ring (bicyclic) bond motifs is 2. The molecule has 0 amide bonds. The summed E-state index contributed by atoms with van der Waals surface area (Å²) in [5.74, 6) is -2.78. The van der Waals surface area contributed by atoms with Gasteiger partial charge < -0.3 is 29.7 Å². The van der Waals surface area contributed by atoms with Gasteiger partial charge in [-0.05, 0) is 63.5 Å². The first kappa shape index (κ1) is 55.7. The summed E-state index contributed by atoms with van der Waals surface area (Å²) in [6.45, 7) is 2.23. The van der Waals surface area contributed by atoms with Crippen LogP contribution in [0.5, 0.6) is 11.8 Å². The standard InChI is InChI=1S/2C27H28F3N9O2/c2*28-27(29,30)25-36-18(4-10-40)11-22(37-25)41-20-2-8-38(9-3-20)19-12-26(13-19,5-6-31)39-15-17(14-35-39)23-21-1-7-32-24(21)34-16-33-23/h2*1,7,11,14-16,19-20,40H,2-5,8-10,12-13H2,(H,32,33,34). The third-order valence-corrected chi connectivity index (χ3v) is 16.0. The van der Waals surface area contributed by atoms with Crippen LogP contribution >= 0.6 is 0 Å². The van der Waals surface area contributed by atoms with Gasteiger partial charge in [0, 0.05) is 123 Å². The number of aliphatic hydroxyl groups is 2. The van der Waals surface area contributed by atoms with E-state index >= 15 is 0 Å². The Labute approximate surface area is 464 Å². The number of aromatic amines is 2. The maximum absolute atomic E-state index is 13.2. The molecule has 0 atom stereocenters. The van der Waals surface area contributed by atoms with Crippen LogP contribution in [0, 0.1) is 22.7 Å². The summed E-state index contributed by atoms with van der Waals surface area (Å²) in [6, 6.07) is 11.8. The first-order chi connectivity index (χ1) is 39.6. The fourth-order valence-electron chi connectivity index (χ4n) is 11.7. The Balaban J connectivity index is 0.000000172. The van der Waals surface area contributed by atoms with E-state index in [1.807, 2.05) is 46.3 Å². The molecular formula is C54H56F6N18O4. The number of piperidine rings is 2. The first-order valence-corrected chi connectivity index (χ1v) is 26.9. The summed E-state index contributed by atoms with van der Waals surface area (Å²) >= 11 is 0. The highest BCUT2D eigenvalue weighted by molar-refractivity contribution is 5.90. The van der Waals surface area contributed by atoms with Crippen molar-refractivity contribution in [1.82, 2.24) is 79.2 Å². The van der Waals surface area contributed by atoms with Gasteiger partial charge in [0.2, 0.25) is 23.4 Å². The second-order valence-electron chi connectivity index (χ2n) is 21.2.